The number of aromatic hydroxyl groups is 1. The van der Waals surface area contributed by atoms with E-state index in [9.17, 15) is 9.90 Å². The lowest BCUT2D eigenvalue weighted by molar-refractivity contribution is 0.160. The summed E-state index contributed by atoms with van der Waals surface area (Å²) in [7, 11) is 3.78. The SMILES string of the molecule is CN(c1ccc(-c2ccc(-c3ccn(C)c(=O)c3)cc2O)nn1)C1CC(C)(C)NC(C)(C)C1. The minimum absolute atomic E-state index is 0.0462. The van der Waals surface area contributed by atoms with Crippen molar-refractivity contribution in [3.63, 3.8) is 0 Å². The van der Waals surface area contributed by atoms with E-state index in [1.54, 1.807) is 25.4 Å². The van der Waals surface area contributed by atoms with E-state index >= 15 is 0 Å². The highest BCUT2D eigenvalue weighted by Crippen LogP contribution is 2.34. The number of aromatic nitrogens is 3. The Balaban J connectivity index is 1.55. The molecule has 174 valence electrons. The van der Waals surface area contributed by atoms with Crippen LogP contribution < -0.4 is 15.8 Å². The predicted octanol–water partition coefficient (Wildman–Crippen LogP) is 3.96. The number of phenols is 1. The second-order valence-corrected chi connectivity index (χ2v) is 10.4. The van der Waals surface area contributed by atoms with E-state index < -0.39 is 0 Å². The molecule has 0 saturated carbocycles. The Labute approximate surface area is 195 Å². The van der Waals surface area contributed by atoms with Gasteiger partial charge in [-0.3, -0.25) is 4.79 Å². The lowest BCUT2D eigenvalue weighted by Crippen LogP contribution is -2.62. The smallest absolute Gasteiger partial charge is 0.250 e. The van der Waals surface area contributed by atoms with Crippen molar-refractivity contribution in [1.29, 1.82) is 0 Å². The summed E-state index contributed by atoms with van der Waals surface area (Å²) < 4.78 is 1.51. The second-order valence-electron chi connectivity index (χ2n) is 10.4. The topological polar surface area (TPSA) is 83.3 Å². The first kappa shape index (κ1) is 23.0. The van der Waals surface area contributed by atoms with Gasteiger partial charge in [0.2, 0.25) is 0 Å². The van der Waals surface area contributed by atoms with Crippen LogP contribution in [0.5, 0.6) is 5.75 Å². The van der Waals surface area contributed by atoms with Crippen LogP contribution in [0.4, 0.5) is 5.82 Å². The molecule has 0 spiro atoms. The molecular formula is C26H33N5O2. The van der Waals surface area contributed by atoms with E-state index in [1.807, 2.05) is 30.3 Å². The molecule has 1 saturated heterocycles. The number of anilines is 1. The van der Waals surface area contributed by atoms with Crippen LogP contribution in [0.25, 0.3) is 22.4 Å². The van der Waals surface area contributed by atoms with Crippen LogP contribution in [0, 0.1) is 0 Å². The zero-order chi connectivity index (χ0) is 24.0. The molecule has 1 aliphatic rings. The van der Waals surface area contributed by atoms with Crippen molar-refractivity contribution in [3.8, 4) is 28.1 Å². The fraction of sp³-hybridized carbons (Fsp3) is 0.423. The Bertz CT molecular complexity index is 1200. The van der Waals surface area contributed by atoms with Gasteiger partial charge in [0.05, 0.1) is 5.69 Å². The maximum atomic E-state index is 11.9. The summed E-state index contributed by atoms with van der Waals surface area (Å²) >= 11 is 0. The van der Waals surface area contributed by atoms with Crippen LogP contribution in [0.1, 0.15) is 40.5 Å². The van der Waals surface area contributed by atoms with Gasteiger partial charge in [-0.25, -0.2) is 0 Å². The number of nitrogens with zero attached hydrogens (tertiary/aromatic N) is 4. The molecule has 0 radical (unpaired) electrons. The molecule has 1 aromatic carbocycles. The van der Waals surface area contributed by atoms with Crippen molar-refractivity contribution in [1.82, 2.24) is 20.1 Å². The van der Waals surface area contributed by atoms with Gasteiger partial charge in [-0.15, -0.1) is 10.2 Å². The fourth-order valence-electron chi connectivity index (χ4n) is 5.04. The monoisotopic (exact) mass is 447 g/mol. The molecule has 0 unspecified atom stereocenters. The van der Waals surface area contributed by atoms with Gasteiger partial charge < -0.3 is 19.9 Å². The molecule has 2 N–H and O–H groups in total. The molecule has 3 heterocycles. The Morgan fingerprint density at radius 2 is 1.67 bits per heavy atom. The van der Waals surface area contributed by atoms with Crippen LogP contribution in [-0.4, -0.2) is 44.0 Å². The van der Waals surface area contributed by atoms with E-state index in [-0.39, 0.29) is 22.4 Å². The minimum atomic E-state index is -0.0952. The summed E-state index contributed by atoms with van der Waals surface area (Å²) in [4.78, 5) is 14.1. The molecule has 33 heavy (non-hydrogen) atoms. The van der Waals surface area contributed by atoms with Gasteiger partial charge in [0, 0.05) is 49.0 Å². The summed E-state index contributed by atoms with van der Waals surface area (Å²) in [6.07, 6.45) is 3.75. The van der Waals surface area contributed by atoms with Crippen LogP contribution in [0.15, 0.2) is 53.5 Å². The highest BCUT2D eigenvalue weighted by molar-refractivity contribution is 5.74. The van der Waals surface area contributed by atoms with Gasteiger partial charge in [0.25, 0.3) is 5.56 Å². The number of benzene rings is 1. The average Bonchev–Trinajstić information content (AvgIpc) is 2.73. The first-order valence-corrected chi connectivity index (χ1v) is 11.3. The van der Waals surface area contributed by atoms with Crippen LogP contribution in [-0.2, 0) is 7.05 Å². The molecule has 3 aromatic rings. The number of rotatable bonds is 4. The molecule has 4 rings (SSSR count). The minimum Gasteiger partial charge on any atom is -0.507 e. The zero-order valence-corrected chi connectivity index (χ0v) is 20.3. The Kier molecular flexibility index (Phi) is 5.78. The maximum Gasteiger partial charge on any atom is 0.250 e. The van der Waals surface area contributed by atoms with Crippen LogP contribution >= 0.6 is 0 Å². The molecule has 0 amide bonds. The standard InChI is InChI=1S/C26H33N5O2/c1-25(2)15-19(16-26(3,4)29-25)31(6)23-10-9-21(27-28-23)20-8-7-17(13-22(20)32)18-11-12-30(5)24(33)14-18/h7-14,19,29,32H,15-16H2,1-6H3. The molecule has 0 atom stereocenters. The summed E-state index contributed by atoms with van der Waals surface area (Å²) in [6.45, 7) is 8.96. The van der Waals surface area contributed by atoms with Crippen molar-refractivity contribution >= 4 is 5.82 Å². The second kappa shape index (κ2) is 8.30. The molecule has 7 nitrogen and oxygen atoms in total. The summed E-state index contributed by atoms with van der Waals surface area (Å²) in [5, 5.41) is 23.3. The number of phenolic OH excluding ortho intramolecular Hbond substituents is 1. The third-order valence-corrected chi connectivity index (χ3v) is 6.44. The van der Waals surface area contributed by atoms with Gasteiger partial charge in [-0.2, -0.15) is 0 Å². The van der Waals surface area contributed by atoms with Crippen LogP contribution in [0.3, 0.4) is 0 Å². The summed E-state index contributed by atoms with van der Waals surface area (Å²) in [6, 6.07) is 13.0. The van der Waals surface area contributed by atoms with Gasteiger partial charge >= 0.3 is 0 Å². The number of piperidine rings is 1. The highest BCUT2D eigenvalue weighted by atomic mass is 16.3. The van der Waals surface area contributed by atoms with Crippen LogP contribution in [0.2, 0.25) is 0 Å². The van der Waals surface area contributed by atoms with E-state index in [2.05, 4.69) is 55.2 Å². The van der Waals surface area contributed by atoms with Gasteiger partial charge in [0.1, 0.15) is 5.75 Å². The molecule has 7 heteroatoms. The maximum absolute atomic E-state index is 11.9. The number of hydrogen-bond donors (Lipinski definition) is 2. The number of nitrogens with one attached hydrogen (secondary N) is 1. The third kappa shape index (κ3) is 4.93. The number of aryl methyl sites for hydroxylation is 1. The largest absolute Gasteiger partial charge is 0.507 e. The fourth-order valence-corrected chi connectivity index (χ4v) is 5.04. The lowest BCUT2D eigenvalue weighted by Gasteiger charge is -2.49. The third-order valence-electron chi connectivity index (χ3n) is 6.44. The molecular weight excluding hydrogens is 414 g/mol. The normalized spacial score (nSPS) is 17.6. The molecule has 0 aliphatic carbocycles. The first-order valence-electron chi connectivity index (χ1n) is 11.3. The van der Waals surface area contributed by atoms with E-state index in [1.165, 1.54) is 4.57 Å². The molecule has 1 fully saturated rings. The average molecular weight is 448 g/mol. The van der Waals surface area contributed by atoms with Crippen molar-refractivity contribution in [2.24, 2.45) is 7.05 Å². The summed E-state index contributed by atoms with van der Waals surface area (Å²) in [5.41, 5.74) is 2.74. The Hall–Kier alpha value is -3.19. The molecule has 1 aliphatic heterocycles. The van der Waals surface area contributed by atoms with Crippen molar-refractivity contribution in [2.75, 3.05) is 11.9 Å². The Morgan fingerprint density at radius 3 is 2.24 bits per heavy atom. The zero-order valence-electron chi connectivity index (χ0n) is 20.3. The molecule has 0 bridgehead atoms. The van der Waals surface area contributed by atoms with Crippen molar-refractivity contribution in [3.05, 3.63) is 59.0 Å². The van der Waals surface area contributed by atoms with E-state index in [4.69, 9.17) is 0 Å². The van der Waals surface area contributed by atoms with E-state index in [0.29, 0.717) is 17.3 Å². The van der Waals surface area contributed by atoms with Crippen molar-refractivity contribution < 1.29 is 5.11 Å². The van der Waals surface area contributed by atoms with Gasteiger partial charge in [-0.1, -0.05) is 6.07 Å². The van der Waals surface area contributed by atoms with Gasteiger partial charge in [-0.05, 0) is 82.0 Å². The Morgan fingerprint density at radius 1 is 1.00 bits per heavy atom. The van der Waals surface area contributed by atoms with Gasteiger partial charge in [0.15, 0.2) is 5.82 Å². The van der Waals surface area contributed by atoms with E-state index in [0.717, 1.165) is 29.8 Å². The number of hydrogen-bond acceptors (Lipinski definition) is 6. The highest BCUT2D eigenvalue weighted by Gasteiger charge is 2.39. The first-order chi connectivity index (χ1) is 15.4. The molecule has 2 aromatic heterocycles. The predicted molar refractivity (Wildman–Crippen MR) is 133 cm³/mol. The van der Waals surface area contributed by atoms with Crippen molar-refractivity contribution in [2.45, 2.75) is 57.7 Å². The lowest BCUT2D eigenvalue weighted by atomic mass is 9.79. The number of pyridine rings is 1. The summed E-state index contributed by atoms with van der Waals surface area (Å²) in [5.74, 6) is 0.916. The quantitative estimate of drug-likeness (QED) is 0.630.